The Labute approximate surface area is 123 Å². The Morgan fingerprint density at radius 1 is 1.45 bits per heavy atom. The molecule has 1 saturated carbocycles. The summed E-state index contributed by atoms with van der Waals surface area (Å²) in [6, 6.07) is 4.70. The summed E-state index contributed by atoms with van der Waals surface area (Å²) >= 11 is 0. The summed E-state index contributed by atoms with van der Waals surface area (Å²) in [7, 11) is 0. The van der Waals surface area contributed by atoms with Crippen molar-refractivity contribution in [2.24, 2.45) is 5.41 Å². The molecular weight excluding hydrogens is 248 g/mol. The van der Waals surface area contributed by atoms with Gasteiger partial charge in [0.1, 0.15) is 0 Å². The molecule has 1 N–H and O–H groups in total. The quantitative estimate of drug-likeness (QED) is 0.885. The van der Waals surface area contributed by atoms with Crippen LogP contribution in [0.25, 0.3) is 0 Å². The van der Waals surface area contributed by atoms with Crippen molar-refractivity contribution < 1.29 is 4.74 Å². The molecular formula is C17H28N2O. The van der Waals surface area contributed by atoms with Crippen LogP contribution in [0.15, 0.2) is 18.3 Å². The first-order chi connectivity index (χ1) is 9.46. The van der Waals surface area contributed by atoms with Crippen molar-refractivity contribution in [1.29, 1.82) is 0 Å². The van der Waals surface area contributed by atoms with Crippen molar-refractivity contribution in [3.05, 3.63) is 23.9 Å². The molecule has 1 atom stereocenters. The third-order valence-electron chi connectivity index (χ3n) is 3.98. The lowest BCUT2D eigenvalue weighted by Gasteiger charge is -2.35. The maximum absolute atomic E-state index is 5.78. The van der Waals surface area contributed by atoms with Crippen molar-refractivity contribution in [3.63, 3.8) is 0 Å². The molecule has 0 radical (unpaired) electrons. The zero-order valence-corrected chi connectivity index (χ0v) is 13.3. The average Bonchev–Trinajstić information content (AvgIpc) is 2.36. The van der Waals surface area contributed by atoms with Gasteiger partial charge in [0.15, 0.2) is 0 Å². The number of nitrogens with zero attached hydrogens (tertiary/aromatic N) is 1. The molecule has 1 aliphatic carbocycles. The second-order valence-corrected chi connectivity index (χ2v) is 6.97. The van der Waals surface area contributed by atoms with Gasteiger partial charge < -0.3 is 10.1 Å². The van der Waals surface area contributed by atoms with Crippen LogP contribution in [0, 0.1) is 5.41 Å². The number of pyridine rings is 1. The Morgan fingerprint density at radius 2 is 2.25 bits per heavy atom. The van der Waals surface area contributed by atoms with Crippen molar-refractivity contribution in [1.82, 2.24) is 10.3 Å². The summed E-state index contributed by atoms with van der Waals surface area (Å²) in [5.41, 5.74) is 1.63. The number of hydrogen-bond acceptors (Lipinski definition) is 3. The SMILES string of the molecule is CC(C)Oc1ncccc1CNC1CCCC(C)(C)C1. The van der Waals surface area contributed by atoms with E-state index in [9.17, 15) is 0 Å². The van der Waals surface area contributed by atoms with Crippen LogP contribution in [0.3, 0.4) is 0 Å². The van der Waals surface area contributed by atoms with E-state index in [0.29, 0.717) is 11.5 Å². The number of rotatable bonds is 5. The molecule has 3 heteroatoms. The molecule has 0 aliphatic heterocycles. The van der Waals surface area contributed by atoms with Crippen LogP contribution < -0.4 is 10.1 Å². The van der Waals surface area contributed by atoms with E-state index in [1.807, 2.05) is 19.9 Å². The van der Waals surface area contributed by atoms with Crippen molar-refractivity contribution in [2.45, 2.75) is 72.1 Å². The molecule has 1 unspecified atom stereocenters. The van der Waals surface area contributed by atoms with E-state index in [0.717, 1.165) is 18.0 Å². The molecule has 3 nitrogen and oxygen atoms in total. The van der Waals surface area contributed by atoms with Gasteiger partial charge >= 0.3 is 0 Å². The van der Waals surface area contributed by atoms with Gasteiger partial charge in [0.2, 0.25) is 5.88 Å². The summed E-state index contributed by atoms with van der Waals surface area (Å²) in [6.07, 6.45) is 7.17. The monoisotopic (exact) mass is 276 g/mol. The molecule has 0 saturated heterocycles. The molecule has 112 valence electrons. The van der Waals surface area contributed by atoms with Gasteiger partial charge in [0.25, 0.3) is 0 Å². The van der Waals surface area contributed by atoms with Gasteiger partial charge in [-0.15, -0.1) is 0 Å². The van der Waals surface area contributed by atoms with E-state index in [1.54, 1.807) is 6.20 Å². The Morgan fingerprint density at radius 3 is 2.95 bits per heavy atom. The molecule has 0 bridgehead atoms. The zero-order valence-electron chi connectivity index (χ0n) is 13.3. The highest BCUT2D eigenvalue weighted by Crippen LogP contribution is 2.35. The molecule has 0 amide bonds. The van der Waals surface area contributed by atoms with Crippen molar-refractivity contribution >= 4 is 0 Å². The summed E-state index contributed by atoms with van der Waals surface area (Å²) < 4.78 is 5.78. The van der Waals surface area contributed by atoms with E-state index >= 15 is 0 Å². The third kappa shape index (κ3) is 4.48. The number of aromatic nitrogens is 1. The Bertz CT molecular complexity index is 429. The van der Waals surface area contributed by atoms with E-state index in [-0.39, 0.29) is 6.10 Å². The maximum Gasteiger partial charge on any atom is 0.218 e. The summed E-state index contributed by atoms with van der Waals surface area (Å²) in [4.78, 5) is 4.35. The molecule has 1 aliphatic rings. The lowest BCUT2D eigenvalue weighted by atomic mass is 9.75. The summed E-state index contributed by atoms with van der Waals surface area (Å²) in [5, 5.41) is 3.69. The second-order valence-electron chi connectivity index (χ2n) is 6.97. The maximum atomic E-state index is 5.78. The van der Waals surface area contributed by atoms with Crippen molar-refractivity contribution in [3.8, 4) is 5.88 Å². The molecule has 1 aromatic heterocycles. The van der Waals surface area contributed by atoms with Gasteiger partial charge in [-0.1, -0.05) is 26.3 Å². The van der Waals surface area contributed by atoms with E-state index < -0.39 is 0 Å². The fourth-order valence-electron chi connectivity index (χ4n) is 3.01. The first kappa shape index (κ1) is 15.3. The minimum Gasteiger partial charge on any atom is -0.475 e. The highest BCUT2D eigenvalue weighted by Gasteiger charge is 2.27. The molecule has 0 aromatic carbocycles. The van der Waals surface area contributed by atoms with Crippen LogP contribution in [0.4, 0.5) is 0 Å². The van der Waals surface area contributed by atoms with Crippen LogP contribution in [0.1, 0.15) is 58.9 Å². The van der Waals surface area contributed by atoms with Gasteiger partial charge in [-0.05, 0) is 44.6 Å². The fraction of sp³-hybridized carbons (Fsp3) is 0.706. The summed E-state index contributed by atoms with van der Waals surface area (Å²) in [5.74, 6) is 0.769. The smallest absolute Gasteiger partial charge is 0.218 e. The Balaban J connectivity index is 1.93. The zero-order chi connectivity index (χ0) is 14.6. The molecule has 1 fully saturated rings. The van der Waals surface area contributed by atoms with Crippen LogP contribution in [-0.2, 0) is 6.54 Å². The predicted molar refractivity (Wildman–Crippen MR) is 82.9 cm³/mol. The van der Waals surface area contributed by atoms with E-state index in [4.69, 9.17) is 4.74 Å². The van der Waals surface area contributed by atoms with Gasteiger partial charge in [-0.2, -0.15) is 0 Å². The lowest BCUT2D eigenvalue weighted by Crippen LogP contribution is -2.37. The molecule has 0 spiro atoms. The fourth-order valence-corrected chi connectivity index (χ4v) is 3.01. The van der Waals surface area contributed by atoms with Gasteiger partial charge in [0, 0.05) is 24.3 Å². The number of nitrogens with one attached hydrogen (secondary N) is 1. The topological polar surface area (TPSA) is 34.1 Å². The molecule has 20 heavy (non-hydrogen) atoms. The van der Waals surface area contributed by atoms with Crippen LogP contribution in [0.5, 0.6) is 5.88 Å². The molecule has 1 aromatic rings. The molecule has 2 rings (SSSR count). The first-order valence-electron chi connectivity index (χ1n) is 7.80. The van der Waals surface area contributed by atoms with Gasteiger partial charge in [-0.25, -0.2) is 4.98 Å². The highest BCUT2D eigenvalue weighted by molar-refractivity contribution is 5.25. The minimum atomic E-state index is 0.164. The summed E-state index contributed by atoms with van der Waals surface area (Å²) in [6.45, 7) is 9.66. The van der Waals surface area contributed by atoms with Crippen LogP contribution in [-0.4, -0.2) is 17.1 Å². The largest absolute Gasteiger partial charge is 0.475 e. The van der Waals surface area contributed by atoms with Crippen molar-refractivity contribution in [2.75, 3.05) is 0 Å². The third-order valence-corrected chi connectivity index (χ3v) is 3.98. The average molecular weight is 276 g/mol. The van der Waals surface area contributed by atoms with Crippen LogP contribution in [0.2, 0.25) is 0 Å². The highest BCUT2D eigenvalue weighted by atomic mass is 16.5. The standard InChI is InChI=1S/C17H28N2O/c1-13(2)20-16-14(7-6-10-18-16)12-19-15-8-5-9-17(3,4)11-15/h6-7,10,13,15,19H,5,8-9,11-12H2,1-4H3. The van der Waals surface area contributed by atoms with Crippen LogP contribution >= 0.6 is 0 Å². The number of ether oxygens (including phenoxy) is 1. The normalized spacial score (nSPS) is 21.9. The van der Waals surface area contributed by atoms with E-state index in [1.165, 1.54) is 25.7 Å². The lowest BCUT2D eigenvalue weighted by molar-refractivity contribution is 0.196. The second kappa shape index (κ2) is 6.57. The predicted octanol–water partition coefficient (Wildman–Crippen LogP) is 3.93. The van der Waals surface area contributed by atoms with Gasteiger partial charge in [0.05, 0.1) is 6.10 Å². The Kier molecular flexibility index (Phi) is 5.03. The first-order valence-corrected chi connectivity index (χ1v) is 7.80. The van der Waals surface area contributed by atoms with E-state index in [2.05, 4.69) is 30.2 Å². The van der Waals surface area contributed by atoms with Gasteiger partial charge in [-0.3, -0.25) is 0 Å². The molecule has 1 heterocycles. The Hall–Kier alpha value is -1.09. The minimum absolute atomic E-state index is 0.164. The number of hydrogen-bond donors (Lipinski definition) is 1.